The summed E-state index contributed by atoms with van der Waals surface area (Å²) in [5.41, 5.74) is 3.67. The van der Waals surface area contributed by atoms with Crippen LogP contribution in [0.4, 0.5) is 10.1 Å². The maximum absolute atomic E-state index is 13.4. The van der Waals surface area contributed by atoms with Crippen molar-refractivity contribution in [2.24, 2.45) is 5.92 Å². The lowest BCUT2D eigenvalue weighted by Crippen LogP contribution is -2.28. The third-order valence-corrected chi connectivity index (χ3v) is 8.75. The molecule has 0 aliphatic carbocycles. The van der Waals surface area contributed by atoms with Crippen molar-refractivity contribution in [3.63, 3.8) is 0 Å². The Kier molecular flexibility index (Phi) is 8.17. The molecule has 1 aliphatic heterocycles. The van der Waals surface area contributed by atoms with Gasteiger partial charge in [-0.2, -0.15) is 0 Å². The molecule has 0 saturated carbocycles. The van der Waals surface area contributed by atoms with Crippen LogP contribution in [0.2, 0.25) is 0 Å². The number of aliphatic hydroxyl groups excluding tert-OH is 1. The summed E-state index contributed by atoms with van der Waals surface area (Å²) < 4.78 is 24.9. The van der Waals surface area contributed by atoms with Gasteiger partial charge in [-0.05, 0) is 77.9 Å². The van der Waals surface area contributed by atoms with Gasteiger partial charge in [0.15, 0.2) is 0 Å². The fraction of sp³-hybridized carbons (Fsp3) is 0.194. The van der Waals surface area contributed by atoms with Gasteiger partial charge in [0.2, 0.25) is 0 Å². The Morgan fingerprint density at radius 1 is 0.925 bits per heavy atom. The van der Waals surface area contributed by atoms with E-state index in [2.05, 4.69) is 4.90 Å². The third-order valence-electron chi connectivity index (χ3n) is 7.42. The van der Waals surface area contributed by atoms with Crippen molar-refractivity contribution in [3.05, 3.63) is 114 Å². The quantitative estimate of drug-likeness (QED) is 0.142. The molecule has 0 spiro atoms. The lowest BCUT2D eigenvalue weighted by Gasteiger charge is -2.31. The summed E-state index contributed by atoms with van der Waals surface area (Å²) in [5, 5.41) is 22.0. The number of aromatic hydroxyl groups is 1. The predicted molar refractivity (Wildman–Crippen MR) is 158 cm³/mol. The van der Waals surface area contributed by atoms with Gasteiger partial charge in [0.1, 0.15) is 11.6 Å². The number of halogens is 1. The molecule has 1 saturated heterocycles. The molecule has 3 unspecified atom stereocenters. The zero-order valence-corrected chi connectivity index (χ0v) is 23.2. The highest BCUT2D eigenvalue weighted by atomic mass is 32.1. The molecule has 0 bridgehead atoms. The minimum Gasteiger partial charge on any atom is -0.508 e. The average molecular weight is 578 g/mol. The van der Waals surface area contributed by atoms with Crippen LogP contribution >= 0.6 is 19.8 Å². The van der Waals surface area contributed by atoms with Crippen LogP contribution in [-0.4, -0.2) is 25.0 Å². The SMILES string of the molecule is O=P(O)(O)c1ccc(-c2ccc(C3C(CCC(O)c4ccc(F)cc4)CC(=S)N3c3ccccc3)c(O)c2)cc1. The molecule has 0 radical (unpaired) electrons. The molecule has 6 nitrogen and oxygen atoms in total. The van der Waals surface area contributed by atoms with E-state index in [-0.39, 0.29) is 28.8 Å². The molecule has 5 rings (SSSR count). The summed E-state index contributed by atoms with van der Waals surface area (Å²) in [7, 11) is -4.35. The number of thiocarbonyl (C=S) groups is 1. The average Bonchev–Trinajstić information content (AvgIpc) is 3.27. The fourth-order valence-electron chi connectivity index (χ4n) is 5.39. The monoisotopic (exact) mass is 577 g/mol. The van der Waals surface area contributed by atoms with Gasteiger partial charge in [-0.1, -0.05) is 66.8 Å². The van der Waals surface area contributed by atoms with Crippen molar-refractivity contribution in [1.29, 1.82) is 0 Å². The van der Waals surface area contributed by atoms with Crippen molar-refractivity contribution < 1.29 is 29.0 Å². The molecule has 206 valence electrons. The minimum absolute atomic E-state index is 0.00194. The van der Waals surface area contributed by atoms with E-state index >= 15 is 0 Å². The van der Waals surface area contributed by atoms with Crippen molar-refractivity contribution >= 4 is 35.8 Å². The second kappa shape index (κ2) is 11.6. The van der Waals surface area contributed by atoms with Crippen molar-refractivity contribution in [2.45, 2.75) is 31.4 Å². The second-order valence-corrected chi connectivity index (χ2v) is 12.1. The largest absolute Gasteiger partial charge is 0.508 e. The summed E-state index contributed by atoms with van der Waals surface area (Å²) in [5.74, 6) is -0.273. The van der Waals surface area contributed by atoms with Gasteiger partial charge in [0.05, 0.1) is 22.4 Å². The standard InChI is InChI=1S/C31H29FNO5PS/c32-24-12-6-21(7-13-24)28(34)17-11-23-19-30(40)33(25-4-2-1-3-5-25)31(23)27-16-10-22(18-29(27)35)20-8-14-26(15-9-20)39(36,37)38/h1-10,12-16,18,23,28,31,34-35H,11,17,19H2,(H2,36,37,38). The van der Waals surface area contributed by atoms with E-state index in [1.54, 1.807) is 30.3 Å². The van der Waals surface area contributed by atoms with E-state index < -0.39 is 13.7 Å². The number of para-hydroxylation sites is 1. The molecule has 0 aromatic heterocycles. The first-order valence-corrected chi connectivity index (χ1v) is 14.9. The minimum atomic E-state index is -4.35. The summed E-state index contributed by atoms with van der Waals surface area (Å²) in [4.78, 5) is 21.6. The Morgan fingerprint density at radius 2 is 1.57 bits per heavy atom. The predicted octanol–water partition coefficient (Wildman–Crippen LogP) is 6.41. The molecule has 1 fully saturated rings. The highest BCUT2D eigenvalue weighted by Gasteiger charge is 2.40. The Morgan fingerprint density at radius 3 is 2.20 bits per heavy atom. The first-order chi connectivity index (χ1) is 19.1. The van der Waals surface area contributed by atoms with Gasteiger partial charge in [0.25, 0.3) is 0 Å². The van der Waals surface area contributed by atoms with Crippen LogP contribution in [0.1, 0.15) is 42.5 Å². The van der Waals surface area contributed by atoms with Crippen LogP contribution in [0, 0.1) is 11.7 Å². The highest BCUT2D eigenvalue weighted by Crippen LogP contribution is 2.47. The Balaban J connectivity index is 1.45. The Bertz CT molecular complexity index is 1540. The molecule has 1 aliphatic rings. The number of rotatable bonds is 8. The molecule has 4 N–H and O–H groups in total. The van der Waals surface area contributed by atoms with Crippen molar-refractivity contribution in [3.8, 4) is 16.9 Å². The Labute approximate surface area is 237 Å². The topological polar surface area (TPSA) is 101 Å². The molecule has 40 heavy (non-hydrogen) atoms. The highest BCUT2D eigenvalue weighted by molar-refractivity contribution is 7.80. The molecule has 9 heteroatoms. The molecular formula is C31H29FNO5PS. The number of hydrogen-bond acceptors (Lipinski definition) is 4. The zero-order chi connectivity index (χ0) is 28.4. The first-order valence-electron chi connectivity index (χ1n) is 12.9. The lowest BCUT2D eigenvalue weighted by atomic mass is 9.87. The molecular weight excluding hydrogens is 548 g/mol. The maximum atomic E-state index is 13.4. The number of aliphatic hydroxyl groups is 1. The lowest BCUT2D eigenvalue weighted by molar-refractivity contribution is 0.155. The summed E-state index contributed by atoms with van der Waals surface area (Å²) in [6, 6.07) is 26.7. The zero-order valence-electron chi connectivity index (χ0n) is 21.5. The van der Waals surface area contributed by atoms with Gasteiger partial charge in [-0.15, -0.1) is 0 Å². The van der Waals surface area contributed by atoms with Gasteiger partial charge in [0, 0.05) is 17.7 Å². The summed E-state index contributed by atoms with van der Waals surface area (Å²) in [6.07, 6.45) is 0.920. The van der Waals surface area contributed by atoms with Crippen LogP contribution < -0.4 is 10.2 Å². The van der Waals surface area contributed by atoms with E-state index in [9.17, 15) is 29.0 Å². The first kappa shape index (κ1) is 28.1. The van der Waals surface area contributed by atoms with Crippen molar-refractivity contribution in [2.75, 3.05) is 4.90 Å². The smallest absolute Gasteiger partial charge is 0.356 e. The molecule has 3 atom stereocenters. The number of phenolic OH excluding ortho intramolecular Hbond substituents is 1. The molecule has 0 amide bonds. The maximum Gasteiger partial charge on any atom is 0.356 e. The van der Waals surface area contributed by atoms with E-state index in [0.29, 0.717) is 41.5 Å². The van der Waals surface area contributed by atoms with E-state index in [4.69, 9.17) is 12.2 Å². The van der Waals surface area contributed by atoms with Crippen molar-refractivity contribution in [1.82, 2.24) is 0 Å². The van der Waals surface area contributed by atoms with Crippen LogP contribution in [0.3, 0.4) is 0 Å². The number of benzene rings is 4. The van der Waals surface area contributed by atoms with Crippen LogP contribution in [0.5, 0.6) is 5.75 Å². The number of anilines is 1. The van der Waals surface area contributed by atoms with Gasteiger partial charge < -0.3 is 24.9 Å². The van der Waals surface area contributed by atoms with E-state index in [1.807, 2.05) is 42.5 Å². The second-order valence-electron chi connectivity index (χ2n) is 10.0. The van der Waals surface area contributed by atoms with E-state index in [0.717, 1.165) is 10.7 Å². The van der Waals surface area contributed by atoms with Crippen LogP contribution in [-0.2, 0) is 4.57 Å². The number of phenols is 1. The van der Waals surface area contributed by atoms with Crippen LogP contribution in [0.15, 0.2) is 97.1 Å². The summed E-state index contributed by atoms with van der Waals surface area (Å²) in [6.45, 7) is 0. The van der Waals surface area contributed by atoms with Gasteiger partial charge in [-0.25, -0.2) is 4.39 Å². The Hall–Kier alpha value is -3.39. The normalized spacial score (nSPS) is 18.2. The third kappa shape index (κ3) is 6.02. The van der Waals surface area contributed by atoms with Gasteiger partial charge in [-0.3, -0.25) is 4.57 Å². The fourth-order valence-corrected chi connectivity index (χ4v) is 6.36. The molecule has 4 aromatic carbocycles. The number of hydrogen-bond donors (Lipinski definition) is 4. The summed E-state index contributed by atoms with van der Waals surface area (Å²) >= 11 is 5.83. The molecule has 1 heterocycles. The molecule has 4 aromatic rings. The van der Waals surface area contributed by atoms with Crippen LogP contribution in [0.25, 0.3) is 11.1 Å². The van der Waals surface area contributed by atoms with E-state index in [1.165, 1.54) is 24.3 Å². The van der Waals surface area contributed by atoms with Gasteiger partial charge >= 0.3 is 7.60 Å². The number of nitrogens with zero attached hydrogens (tertiary/aromatic N) is 1.